The Kier molecular flexibility index (Phi) is 9.30. The number of nitrogens with one attached hydrogen (secondary N) is 3. The third kappa shape index (κ3) is 8.82. The number of carbonyl (C=O) groups is 1. The molecule has 0 aliphatic rings. The fraction of sp³-hybridized carbons (Fsp3) is 0.556. The average Bonchev–Trinajstić information content (AvgIpc) is 2.55. The first-order valence-electron chi connectivity index (χ1n) is 8.42. The van der Waals surface area contributed by atoms with Crippen molar-refractivity contribution in [2.24, 2.45) is 10.4 Å². The molecule has 0 unspecified atom stereocenters. The van der Waals surface area contributed by atoms with Gasteiger partial charge in [0.1, 0.15) is 0 Å². The molecule has 0 saturated carbocycles. The fourth-order valence-electron chi connectivity index (χ4n) is 1.80. The molecule has 1 rings (SSSR count). The minimum atomic E-state index is -0.360. The van der Waals surface area contributed by atoms with Crippen molar-refractivity contribution >= 4 is 23.6 Å². The summed E-state index contributed by atoms with van der Waals surface area (Å²) in [6, 6.07) is 10.3. The highest BCUT2D eigenvalue weighted by Crippen LogP contribution is 2.15. The number of thioether (sulfide) groups is 1. The summed E-state index contributed by atoms with van der Waals surface area (Å²) in [5.41, 5.74) is -0.360. The number of nitrogens with zero attached hydrogens (tertiary/aromatic N) is 1. The van der Waals surface area contributed by atoms with Gasteiger partial charge in [-0.05, 0) is 19.1 Å². The molecule has 0 heterocycles. The van der Waals surface area contributed by atoms with Crippen LogP contribution in [0.2, 0.25) is 0 Å². The van der Waals surface area contributed by atoms with Gasteiger partial charge in [-0.15, -0.1) is 11.8 Å². The van der Waals surface area contributed by atoms with Crippen molar-refractivity contribution in [2.45, 2.75) is 32.6 Å². The summed E-state index contributed by atoms with van der Waals surface area (Å²) >= 11 is 1.81. The van der Waals surface area contributed by atoms with Gasteiger partial charge in [0.2, 0.25) is 5.91 Å². The van der Waals surface area contributed by atoms with E-state index in [1.165, 1.54) is 4.90 Å². The van der Waals surface area contributed by atoms with Crippen molar-refractivity contribution in [1.29, 1.82) is 0 Å². The van der Waals surface area contributed by atoms with Crippen LogP contribution in [0.1, 0.15) is 27.7 Å². The lowest BCUT2D eigenvalue weighted by Crippen LogP contribution is -2.40. The molecule has 24 heavy (non-hydrogen) atoms. The van der Waals surface area contributed by atoms with Gasteiger partial charge in [0, 0.05) is 35.7 Å². The zero-order valence-electron chi connectivity index (χ0n) is 15.2. The van der Waals surface area contributed by atoms with Crippen LogP contribution in [-0.2, 0) is 4.79 Å². The van der Waals surface area contributed by atoms with Gasteiger partial charge < -0.3 is 16.0 Å². The van der Waals surface area contributed by atoms with Crippen LogP contribution >= 0.6 is 11.8 Å². The third-order valence-corrected chi connectivity index (χ3v) is 4.11. The number of benzene rings is 1. The van der Waals surface area contributed by atoms with Gasteiger partial charge in [-0.1, -0.05) is 39.0 Å². The molecule has 0 atom stereocenters. The Bertz CT molecular complexity index is 512. The molecule has 0 bridgehead atoms. The summed E-state index contributed by atoms with van der Waals surface area (Å²) < 4.78 is 0. The van der Waals surface area contributed by atoms with E-state index in [1.54, 1.807) is 0 Å². The van der Waals surface area contributed by atoms with Crippen LogP contribution in [0, 0.1) is 5.41 Å². The van der Waals surface area contributed by atoms with E-state index in [0.29, 0.717) is 13.1 Å². The monoisotopic (exact) mass is 350 g/mol. The second-order valence-corrected chi connectivity index (χ2v) is 7.52. The number of aliphatic imine (C=N–C) groups is 1. The number of rotatable bonds is 8. The van der Waals surface area contributed by atoms with Crippen molar-refractivity contribution in [3.05, 3.63) is 30.3 Å². The number of guanidine groups is 1. The minimum absolute atomic E-state index is 0.0509. The van der Waals surface area contributed by atoms with Crippen LogP contribution < -0.4 is 16.0 Å². The second kappa shape index (κ2) is 11.0. The van der Waals surface area contributed by atoms with E-state index in [-0.39, 0.29) is 11.3 Å². The molecule has 3 N–H and O–H groups in total. The van der Waals surface area contributed by atoms with E-state index in [2.05, 4.69) is 33.1 Å². The lowest BCUT2D eigenvalue weighted by atomic mass is 9.96. The zero-order valence-corrected chi connectivity index (χ0v) is 16.0. The molecule has 5 nitrogen and oxygen atoms in total. The van der Waals surface area contributed by atoms with Crippen LogP contribution in [0.4, 0.5) is 0 Å². The molecule has 1 aromatic carbocycles. The Balaban J connectivity index is 2.28. The first kappa shape index (κ1) is 20.4. The second-order valence-electron chi connectivity index (χ2n) is 6.35. The Morgan fingerprint density at radius 1 is 1.08 bits per heavy atom. The zero-order chi connectivity index (χ0) is 17.8. The Morgan fingerprint density at radius 2 is 1.79 bits per heavy atom. The third-order valence-electron chi connectivity index (χ3n) is 3.10. The average molecular weight is 351 g/mol. The summed E-state index contributed by atoms with van der Waals surface area (Å²) in [5, 5.41) is 9.43. The molecule has 0 radical (unpaired) electrons. The molecular weight excluding hydrogens is 320 g/mol. The predicted octanol–water partition coefficient (Wildman–Crippen LogP) is 2.50. The first-order chi connectivity index (χ1) is 11.4. The molecule has 0 spiro atoms. The van der Waals surface area contributed by atoms with Crippen molar-refractivity contribution < 1.29 is 4.79 Å². The molecule has 0 aliphatic heterocycles. The fourth-order valence-corrected chi connectivity index (χ4v) is 2.59. The molecular formula is C18H30N4OS. The molecule has 0 fully saturated rings. The Labute approximate surface area is 150 Å². The van der Waals surface area contributed by atoms with E-state index in [4.69, 9.17) is 0 Å². The summed E-state index contributed by atoms with van der Waals surface area (Å²) in [6.07, 6.45) is 0. The quantitative estimate of drug-likeness (QED) is 0.292. The van der Waals surface area contributed by atoms with Gasteiger partial charge in [-0.25, -0.2) is 0 Å². The van der Waals surface area contributed by atoms with Gasteiger partial charge in [0.25, 0.3) is 0 Å². The normalized spacial score (nSPS) is 11.9. The van der Waals surface area contributed by atoms with Crippen LogP contribution in [-0.4, -0.2) is 43.8 Å². The molecule has 0 aliphatic carbocycles. The lowest BCUT2D eigenvalue weighted by Gasteiger charge is -2.17. The van der Waals surface area contributed by atoms with Gasteiger partial charge in [0.05, 0.1) is 6.54 Å². The number of amides is 1. The van der Waals surface area contributed by atoms with E-state index in [1.807, 2.05) is 57.7 Å². The van der Waals surface area contributed by atoms with Gasteiger partial charge in [-0.2, -0.15) is 0 Å². The summed E-state index contributed by atoms with van der Waals surface area (Å²) in [7, 11) is 0. The highest BCUT2D eigenvalue weighted by Gasteiger charge is 2.20. The minimum Gasteiger partial charge on any atom is -0.357 e. The Hall–Kier alpha value is -1.69. The van der Waals surface area contributed by atoms with Crippen molar-refractivity contribution in [1.82, 2.24) is 16.0 Å². The highest BCUT2D eigenvalue weighted by molar-refractivity contribution is 7.99. The van der Waals surface area contributed by atoms with Gasteiger partial charge in [-0.3, -0.25) is 9.79 Å². The SMILES string of the molecule is CCNC(=NCCNC(=O)C(C)(C)C)NCCSc1ccccc1. The molecule has 1 amide bonds. The van der Waals surface area contributed by atoms with Gasteiger partial charge in [0.15, 0.2) is 5.96 Å². The van der Waals surface area contributed by atoms with Crippen molar-refractivity contribution in [3.8, 4) is 0 Å². The molecule has 6 heteroatoms. The molecule has 1 aromatic rings. The topological polar surface area (TPSA) is 65.5 Å². The number of carbonyl (C=O) groups excluding carboxylic acids is 1. The highest BCUT2D eigenvalue weighted by atomic mass is 32.2. The van der Waals surface area contributed by atoms with Crippen molar-refractivity contribution in [3.63, 3.8) is 0 Å². The summed E-state index contributed by atoms with van der Waals surface area (Å²) in [5.74, 6) is 1.81. The van der Waals surface area contributed by atoms with E-state index >= 15 is 0 Å². The standard InChI is InChI=1S/C18H30N4OS/c1-5-19-17(21-12-11-20-16(23)18(2,3)4)22-13-14-24-15-9-7-6-8-10-15/h6-10H,5,11-14H2,1-4H3,(H,20,23)(H2,19,21,22). The number of hydrogen-bond acceptors (Lipinski definition) is 3. The Morgan fingerprint density at radius 3 is 2.42 bits per heavy atom. The maximum Gasteiger partial charge on any atom is 0.225 e. The van der Waals surface area contributed by atoms with Crippen LogP contribution in [0.15, 0.2) is 40.2 Å². The van der Waals surface area contributed by atoms with Crippen LogP contribution in [0.5, 0.6) is 0 Å². The van der Waals surface area contributed by atoms with Crippen molar-refractivity contribution in [2.75, 3.05) is 31.9 Å². The van der Waals surface area contributed by atoms with E-state index in [0.717, 1.165) is 24.8 Å². The molecule has 134 valence electrons. The summed E-state index contributed by atoms with van der Waals surface area (Å²) in [4.78, 5) is 17.5. The smallest absolute Gasteiger partial charge is 0.225 e. The lowest BCUT2D eigenvalue weighted by molar-refractivity contribution is -0.128. The van der Waals surface area contributed by atoms with E-state index < -0.39 is 0 Å². The van der Waals surface area contributed by atoms with Crippen LogP contribution in [0.3, 0.4) is 0 Å². The predicted molar refractivity (Wildman–Crippen MR) is 104 cm³/mol. The first-order valence-corrected chi connectivity index (χ1v) is 9.40. The number of hydrogen-bond donors (Lipinski definition) is 3. The maximum absolute atomic E-state index is 11.8. The molecule has 0 saturated heterocycles. The largest absolute Gasteiger partial charge is 0.357 e. The van der Waals surface area contributed by atoms with E-state index in [9.17, 15) is 4.79 Å². The molecule has 0 aromatic heterocycles. The summed E-state index contributed by atoms with van der Waals surface area (Å²) in [6.45, 7) is 10.5. The van der Waals surface area contributed by atoms with Gasteiger partial charge >= 0.3 is 0 Å². The van der Waals surface area contributed by atoms with Crippen LogP contribution in [0.25, 0.3) is 0 Å². The maximum atomic E-state index is 11.8.